The summed E-state index contributed by atoms with van der Waals surface area (Å²) < 4.78 is 15.4. The second-order valence-electron chi connectivity index (χ2n) is 10.3. The van der Waals surface area contributed by atoms with Gasteiger partial charge in [-0.3, -0.25) is 14.2 Å². The highest BCUT2D eigenvalue weighted by Gasteiger charge is 2.55. The molecule has 2 aliphatic carbocycles. The number of nitrogens with zero attached hydrogens (tertiary/aromatic N) is 1. The highest BCUT2D eigenvalue weighted by molar-refractivity contribution is 8.00. The summed E-state index contributed by atoms with van der Waals surface area (Å²) in [7, 11) is 0. The molecular weight excluding hydrogens is 491 g/mol. The molecule has 2 bridgehead atoms. The zero-order valence-corrected chi connectivity index (χ0v) is 21.2. The van der Waals surface area contributed by atoms with Crippen molar-refractivity contribution in [1.82, 2.24) is 4.57 Å². The lowest BCUT2D eigenvalue weighted by Crippen LogP contribution is -2.34. The molecule has 5 atom stereocenters. The van der Waals surface area contributed by atoms with E-state index in [1.807, 2.05) is 66.4 Å². The summed E-state index contributed by atoms with van der Waals surface area (Å²) in [6, 6.07) is 20.7. The molecule has 2 fully saturated rings. The lowest BCUT2D eigenvalue weighted by atomic mass is 9.75. The van der Waals surface area contributed by atoms with Crippen LogP contribution in [0.4, 0.5) is 10.1 Å². The first-order chi connectivity index (χ1) is 17.5. The molecule has 1 N–H and O–H groups in total. The van der Waals surface area contributed by atoms with E-state index in [0.717, 1.165) is 31.9 Å². The van der Waals surface area contributed by atoms with Crippen molar-refractivity contribution in [2.45, 2.75) is 42.0 Å². The summed E-state index contributed by atoms with van der Waals surface area (Å²) in [5.74, 6) is 1.40. The van der Waals surface area contributed by atoms with Crippen molar-refractivity contribution in [3.8, 4) is 0 Å². The van der Waals surface area contributed by atoms with Crippen LogP contribution in [0.1, 0.15) is 35.6 Å². The Kier molecular flexibility index (Phi) is 5.33. The number of halogens is 1. The molecule has 182 valence electrons. The first-order valence-electron chi connectivity index (χ1n) is 12.5. The minimum Gasteiger partial charge on any atom is -0.325 e. The first-order valence-corrected chi connectivity index (χ1v) is 14.2. The average molecular weight is 517 g/mol. The van der Waals surface area contributed by atoms with E-state index in [2.05, 4.69) is 5.32 Å². The van der Waals surface area contributed by atoms with E-state index in [9.17, 15) is 14.0 Å². The monoisotopic (exact) mass is 516 g/mol. The Bertz CT molecular complexity index is 1540. The summed E-state index contributed by atoms with van der Waals surface area (Å²) in [6.45, 7) is -0.00782. The van der Waals surface area contributed by atoms with Crippen LogP contribution in [0.5, 0.6) is 0 Å². The number of amides is 1. The van der Waals surface area contributed by atoms with Gasteiger partial charge >= 0.3 is 4.87 Å². The van der Waals surface area contributed by atoms with Gasteiger partial charge in [0.25, 0.3) is 0 Å². The number of carbonyl (C=O) groups excluding carboxylic acids is 1. The van der Waals surface area contributed by atoms with Crippen LogP contribution in [0.15, 0.2) is 76.6 Å². The van der Waals surface area contributed by atoms with Gasteiger partial charge in [-0.2, -0.15) is 0 Å². The fourth-order valence-electron chi connectivity index (χ4n) is 6.74. The number of hydrogen-bond donors (Lipinski definition) is 1. The van der Waals surface area contributed by atoms with Crippen molar-refractivity contribution in [3.05, 3.63) is 92.7 Å². The third-order valence-corrected chi connectivity index (χ3v) is 11.1. The predicted octanol–water partition coefficient (Wildman–Crippen LogP) is 6.49. The molecule has 4 nitrogen and oxygen atoms in total. The Hall–Kier alpha value is -2.90. The van der Waals surface area contributed by atoms with E-state index in [-0.39, 0.29) is 29.1 Å². The Labute approximate surface area is 216 Å². The average Bonchev–Trinajstić information content (AvgIpc) is 3.58. The van der Waals surface area contributed by atoms with Crippen LogP contribution >= 0.6 is 23.1 Å². The molecular formula is C29H25FN2O2S2. The molecule has 4 unspecified atom stereocenters. The number of anilines is 1. The van der Waals surface area contributed by atoms with Crippen LogP contribution in [-0.2, 0) is 11.3 Å². The van der Waals surface area contributed by atoms with Gasteiger partial charge in [0.15, 0.2) is 0 Å². The van der Waals surface area contributed by atoms with Crippen molar-refractivity contribution in [3.63, 3.8) is 0 Å². The van der Waals surface area contributed by atoms with E-state index in [4.69, 9.17) is 0 Å². The number of aromatic nitrogens is 1. The fraction of sp³-hybridized carbons (Fsp3) is 0.310. The third kappa shape index (κ3) is 3.63. The molecule has 2 heterocycles. The Morgan fingerprint density at radius 1 is 1.00 bits per heavy atom. The van der Waals surface area contributed by atoms with Crippen LogP contribution in [0.25, 0.3) is 10.8 Å². The minimum absolute atomic E-state index is 0.00782. The number of rotatable bonds is 4. The van der Waals surface area contributed by atoms with Gasteiger partial charge in [-0.05, 0) is 77.6 Å². The highest BCUT2D eigenvalue weighted by atomic mass is 32.2. The summed E-state index contributed by atoms with van der Waals surface area (Å²) in [4.78, 5) is 27.3. The molecule has 3 aromatic carbocycles. The zero-order chi connectivity index (χ0) is 24.4. The van der Waals surface area contributed by atoms with Gasteiger partial charge < -0.3 is 5.32 Å². The van der Waals surface area contributed by atoms with Crippen molar-refractivity contribution < 1.29 is 9.18 Å². The molecule has 7 heteroatoms. The van der Waals surface area contributed by atoms with Crippen LogP contribution in [0.2, 0.25) is 0 Å². The van der Waals surface area contributed by atoms with E-state index in [1.54, 1.807) is 4.57 Å². The van der Waals surface area contributed by atoms with Crippen molar-refractivity contribution >= 4 is 45.5 Å². The Balaban J connectivity index is 1.22. The van der Waals surface area contributed by atoms with Gasteiger partial charge in [0.2, 0.25) is 5.91 Å². The van der Waals surface area contributed by atoms with Crippen LogP contribution in [0.3, 0.4) is 0 Å². The minimum atomic E-state index is -0.246. The number of benzene rings is 3. The number of carbonyl (C=O) groups is 1. The number of hydrogen-bond acceptors (Lipinski definition) is 4. The molecule has 7 rings (SSSR count). The maximum Gasteiger partial charge on any atom is 0.308 e. The van der Waals surface area contributed by atoms with Crippen molar-refractivity contribution in [2.24, 2.45) is 17.8 Å². The molecule has 2 saturated carbocycles. The van der Waals surface area contributed by atoms with Crippen molar-refractivity contribution in [1.29, 1.82) is 0 Å². The normalized spacial score (nSPS) is 26.1. The maximum atomic E-state index is 13.7. The smallest absolute Gasteiger partial charge is 0.308 e. The summed E-state index contributed by atoms with van der Waals surface area (Å²) in [5, 5.41) is 6.53. The van der Waals surface area contributed by atoms with Gasteiger partial charge in [-0.15, -0.1) is 11.8 Å². The summed E-state index contributed by atoms with van der Waals surface area (Å²) >= 11 is 3.07. The van der Waals surface area contributed by atoms with Crippen molar-refractivity contribution in [2.75, 3.05) is 5.32 Å². The molecule has 0 spiro atoms. The van der Waals surface area contributed by atoms with Gasteiger partial charge in [-0.1, -0.05) is 53.8 Å². The van der Waals surface area contributed by atoms with Crippen LogP contribution < -0.4 is 10.2 Å². The molecule has 1 aromatic heterocycles. The predicted molar refractivity (Wildman–Crippen MR) is 143 cm³/mol. The molecule has 4 aromatic rings. The second-order valence-corrected chi connectivity index (χ2v) is 12.4. The van der Waals surface area contributed by atoms with E-state index >= 15 is 0 Å². The van der Waals surface area contributed by atoms with Crippen LogP contribution in [-0.4, -0.2) is 15.7 Å². The Morgan fingerprint density at radius 2 is 1.78 bits per heavy atom. The van der Waals surface area contributed by atoms with E-state index in [1.165, 1.54) is 42.7 Å². The molecule has 3 aliphatic rings. The van der Waals surface area contributed by atoms with E-state index in [0.29, 0.717) is 23.0 Å². The largest absolute Gasteiger partial charge is 0.325 e. The van der Waals surface area contributed by atoms with Gasteiger partial charge in [0.05, 0.1) is 5.03 Å². The molecule has 1 aliphatic heterocycles. The number of thioether (sulfide) groups is 1. The molecule has 0 radical (unpaired) electrons. The summed E-state index contributed by atoms with van der Waals surface area (Å²) in [5.41, 5.74) is 1.80. The lowest BCUT2D eigenvalue weighted by molar-refractivity contribution is -0.116. The fourth-order valence-corrected chi connectivity index (χ4v) is 9.89. The summed E-state index contributed by atoms with van der Waals surface area (Å²) in [6.07, 6.45) is 3.71. The van der Waals surface area contributed by atoms with E-state index < -0.39 is 0 Å². The number of nitrogens with one attached hydrogen (secondary N) is 1. The molecule has 0 saturated heterocycles. The third-order valence-electron chi connectivity index (χ3n) is 8.25. The van der Waals surface area contributed by atoms with Gasteiger partial charge in [0, 0.05) is 21.7 Å². The quantitative estimate of drug-likeness (QED) is 0.337. The topological polar surface area (TPSA) is 51.1 Å². The second kappa shape index (κ2) is 8.60. The van der Waals surface area contributed by atoms with Gasteiger partial charge in [-0.25, -0.2) is 4.39 Å². The van der Waals surface area contributed by atoms with Gasteiger partial charge in [0.1, 0.15) is 12.4 Å². The highest BCUT2D eigenvalue weighted by Crippen LogP contribution is 2.64. The number of thiazole rings is 1. The Morgan fingerprint density at radius 3 is 2.61 bits per heavy atom. The standard InChI is InChI=1S/C29H25FN2O2S2/c30-21-10-7-17(8-11-21)24-25-19-5-6-20(13-19)26(25)35-28-27(24)36-29(34)32(28)15-23(33)31-22-12-9-16-3-1-2-4-18(16)14-22/h1-4,7-12,14,19-20,24-26H,5-6,13,15H2,(H,31,33)/t19?,20?,24-,25?,26?/m0/s1. The first kappa shape index (κ1) is 22.3. The zero-order valence-electron chi connectivity index (χ0n) is 19.5. The SMILES string of the molecule is O=C(Cn1c2c(sc1=O)[C@@H](c1ccc(F)cc1)C1C3CCC(C3)C1S2)Nc1ccc2ccccc2c1. The molecule has 36 heavy (non-hydrogen) atoms. The number of fused-ring (bicyclic) bond motifs is 7. The molecule has 1 amide bonds. The lowest BCUT2D eigenvalue weighted by Gasteiger charge is -2.40. The van der Waals surface area contributed by atoms with Crippen LogP contribution in [0, 0.1) is 23.6 Å². The maximum absolute atomic E-state index is 13.7.